The molecule has 0 spiro atoms. The Labute approximate surface area is 122 Å². The van der Waals surface area contributed by atoms with E-state index >= 15 is 0 Å². The summed E-state index contributed by atoms with van der Waals surface area (Å²) < 4.78 is 10.8. The van der Waals surface area contributed by atoms with Crippen molar-refractivity contribution in [1.82, 2.24) is 5.32 Å². The van der Waals surface area contributed by atoms with E-state index in [4.69, 9.17) is 9.47 Å². The second-order valence-corrected chi connectivity index (χ2v) is 5.43. The molecule has 4 nitrogen and oxygen atoms in total. The van der Waals surface area contributed by atoms with E-state index in [2.05, 4.69) is 5.32 Å². The summed E-state index contributed by atoms with van der Waals surface area (Å²) in [7, 11) is 1.68. The number of hydrogen-bond donors (Lipinski definition) is 2. The van der Waals surface area contributed by atoms with Gasteiger partial charge in [0.25, 0.3) is 0 Å². The minimum atomic E-state index is -0.911. The first-order chi connectivity index (χ1) is 9.47. The maximum atomic E-state index is 10.7. The molecule has 1 aromatic carbocycles. The number of benzene rings is 1. The summed E-state index contributed by atoms with van der Waals surface area (Å²) in [6, 6.07) is 7.68. The summed E-state index contributed by atoms with van der Waals surface area (Å²) in [4.78, 5) is 0. The van der Waals surface area contributed by atoms with Crippen LogP contribution in [0.4, 0.5) is 0 Å². The van der Waals surface area contributed by atoms with Gasteiger partial charge in [-0.2, -0.15) is 0 Å². The Balaban J connectivity index is 2.66. The lowest BCUT2D eigenvalue weighted by molar-refractivity contribution is 0.0432. The van der Waals surface area contributed by atoms with Gasteiger partial charge in [-0.15, -0.1) is 0 Å². The number of para-hydroxylation sites is 1. The van der Waals surface area contributed by atoms with Crippen molar-refractivity contribution >= 4 is 0 Å². The standard InChI is InChI=1S/C16H27NO3/c1-13(2)20-15-8-6-5-7-14(15)16(3,18)9-10-17-11-12-19-4/h5-8,13,17-18H,9-12H2,1-4H3. The molecule has 0 fully saturated rings. The highest BCUT2D eigenvalue weighted by atomic mass is 16.5. The summed E-state index contributed by atoms with van der Waals surface area (Å²) in [5.74, 6) is 0.754. The molecule has 2 N–H and O–H groups in total. The smallest absolute Gasteiger partial charge is 0.125 e. The van der Waals surface area contributed by atoms with E-state index < -0.39 is 5.60 Å². The number of ether oxygens (including phenoxy) is 2. The second kappa shape index (κ2) is 8.25. The van der Waals surface area contributed by atoms with Crippen molar-refractivity contribution in [2.24, 2.45) is 0 Å². The monoisotopic (exact) mass is 281 g/mol. The quantitative estimate of drug-likeness (QED) is 0.682. The van der Waals surface area contributed by atoms with Crippen molar-refractivity contribution in [3.8, 4) is 5.75 Å². The molecule has 0 aromatic heterocycles. The molecular formula is C16H27NO3. The van der Waals surface area contributed by atoms with Gasteiger partial charge in [0.05, 0.1) is 18.3 Å². The number of nitrogens with one attached hydrogen (secondary N) is 1. The van der Waals surface area contributed by atoms with Crippen LogP contribution in [0.3, 0.4) is 0 Å². The third-order valence-electron chi connectivity index (χ3n) is 3.10. The lowest BCUT2D eigenvalue weighted by Gasteiger charge is -2.27. The van der Waals surface area contributed by atoms with Gasteiger partial charge in [-0.1, -0.05) is 18.2 Å². The highest BCUT2D eigenvalue weighted by Crippen LogP contribution is 2.32. The molecule has 0 bridgehead atoms. The molecule has 0 saturated carbocycles. The van der Waals surface area contributed by atoms with E-state index in [-0.39, 0.29) is 6.10 Å². The summed E-state index contributed by atoms with van der Waals surface area (Å²) in [6.07, 6.45) is 0.710. The predicted octanol–water partition coefficient (Wildman–Crippen LogP) is 2.31. The van der Waals surface area contributed by atoms with Crippen molar-refractivity contribution < 1.29 is 14.6 Å². The molecule has 114 valence electrons. The summed E-state index contributed by atoms with van der Waals surface area (Å²) in [6.45, 7) is 7.99. The van der Waals surface area contributed by atoms with E-state index in [1.165, 1.54) is 0 Å². The number of methoxy groups -OCH3 is 1. The van der Waals surface area contributed by atoms with Gasteiger partial charge in [0.15, 0.2) is 0 Å². The maximum absolute atomic E-state index is 10.7. The van der Waals surface area contributed by atoms with Crippen LogP contribution in [0.1, 0.15) is 32.8 Å². The highest BCUT2D eigenvalue weighted by molar-refractivity contribution is 5.37. The van der Waals surface area contributed by atoms with Gasteiger partial charge in [-0.3, -0.25) is 0 Å². The fourth-order valence-corrected chi connectivity index (χ4v) is 2.03. The predicted molar refractivity (Wildman–Crippen MR) is 81.1 cm³/mol. The Morgan fingerprint density at radius 2 is 1.95 bits per heavy atom. The second-order valence-electron chi connectivity index (χ2n) is 5.43. The Bertz CT molecular complexity index is 391. The average Bonchev–Trinajstić information content (AvgIpc) is 2.38. The van der Waals surface area contributed by atoms with Crippen LogP contribution < -0.4 is 10.1 Å². The third-order valence-corrected chi connectivity index (χ3v) is 3.10. The number of aliphatic hydroxyl groups is 1. The molecule has 0 aliphatic rings. The van der Waals surface area contributed by atoms with Crippen molar-refractivity contribution in [2.75, 3.05) is 26.8 Å². The van der Waals surface area contributed by atoms with Crippen molar-refractivity contribution in [2.45, 2.75) is 38.9 Å². The molecule has 20 heavy (non-hydrogen) atoms. The first-order valence-corrected chi connectivity index (χ1v) is 7.15. The fourth-order valence-electron chi connectivity index (χ4n) is 2.03. The molecule has 1 rings (SSSR count). The van der Waals surface area contributed by atoms with Crippen LogP contribution in [-0.2, 0) is 10.3 Å². The van der Waals surface area contributed by atoms with Gasteiger partial charge in [0.2, 0.25) is 0 Å². The molecule has 1 aromatic rings. The van der Waals surface area contributed by atoms with Gasteiger partial charge in [-0.05, 0) is 39.8 Å². The topological polar surface area (TPSA) is 50.7 Å². The van der Waals surface area contributed by atoms with E-state index in [0.717, 1.165) is 24.4 Å². The van der Waals surface area contributed by atoms with E-state index in [1.54, 1.807) is 7.11 Å². The van der Waals surface area contributed by atoms with E-state index in [1.807, 2.05) is 45.0 Å². The molecule has 1 atom stereocenters. The molecule has 0 aliphatic carbocycles. The van der Waals surface area contributed by atoms with Crippen LogP contribution >= 0.6 is 0 Å². The molecule has 0 saturated heterocycles. The summed E-state index contributed by atoms with van der Waals surface area (Å²) >= 11 is 0. The van der Waals surface area contributed by atoms with Gasteiger partial charge in [0, 0.05) is 19.2 Å². The molecule has 0 amide bonds. The summed E-state index contributed by atoms with van der Waals surface area (Å²) in [5, 5.41) is 13.9. The fraction of sp³-hybridized carbons (Fsp3) is 0.625. The Morgan fingerprint density at radius 1 is 1.25 bits per heavy atom. The minimum absolute atomic E-state index is 0.0896. The largest absolute Gasteiger partial charge is 0.491 e. The van der Waals surface area contributed by atoms with Gasteiger partial charge in [-0.25, -0.2) is 0 Å². The van der Waals surface area contributed by atoms with Crippen LogP contribution in [0.5, 0.6) is 5.75 Å². The van der Waals surface area contributed by atoms with Crippen LogP contribution in [0.2, 0.25) is 0 Å². The van der Waals surface area contributed by atoms with E-state index in [0.29, 0.717) is 13.0 Å². The molecule has 0 heterocycles. The third kappa shape index (κ3) is 5.49. The lowest BCUT2D eigenvalue weighted by atomic mass is 9.91. The van der Waals surface area contributed by atoms with Gasteiger partial charge < -0.3 is 19.9 Å². The van der Waals surface area contributed by atoms with Crippen molar-refractivity contribution in [3.63, 3.8) is 0 Å². The van der Waals surface area contributed by atoms with Crippen LogP contribution in [0.15, 0.2) is 24.3 Å². The SMILES string of the molecule is COCCNCCC(C)(O)c1ccccc1OC(C)C. The number of hydrogen-bond acceptors (Lipinski definition) is 4. The average molecular weight is 281 g/mol. The molecule has 0 aliphatic heterocycles. The van der Waals surface area contributed by atoms with Crippen molar-refractivity contribution in [1.29, 1.82) is 0 Å². The first kappa shape index (κ1) is 17.0. The Hall–Kier alpha value is -1.10. The molecule has 0 radical (unpaired) electrons. The Morgan fingerprint density at radius 3 is 2.60 bits per heavy atom. The van der Waals surface area contributed by atoms with Crippen molar-refractivity contribution in [3.05, 3.63) is 29.8 Å². The highest BCUT2D eigenvalue weighted by Gasteiger charge is 2.26. The first-order valence-electron chi connectivity index (χ1n) is 7.15. The van der Waals surface area contributed by atoms with Gasteiger partial charge >= 0.3 is 0 Å². The zero-order valence-electron chi connectivity index (χ0n) is 13.0. The molecular weight excluding hydrogens is 254 g/mol. The zero-order valence-corrected chi connectivity index (χ0v) is 13.0. The van der Waals surface area contributed by atoms with Crippen LogP contribution in [-0.4, -0.2) is 38.0 Å². The number of rotatable bonds is 9. The van der Waals surface area contributed by atoms with Gasteiger partial charge in [0.1, 0.15) is 5.75 Å². The normalized spacial score (nSPS) is 14.3. The Kier molecular flexibility index (Phi) is 6.99. The van der Waals surface area contributed by atoms with Crippen LogP contribution in [0, 0.1) is 0 Å². The van der Waals surface area contributed by atoms with Crippen LogP contribution in [0.25, 0.3) is 0 Å². The van der Waals surface area contributed by atoms with E-state index in [9.17, 15) is 5.11 Å². The summed E-state index contributed by atoms with van der Waals surface area (Å²) in [5.41, 5.74) is -0.0757. The maximum Gasteiger partial charge on any atom is 0.125 e. The lowest BCUT2D eigenvalue weighted by Crippen LogP contribution is -2.30. The zero-order chi connectivity index (χ0) is 15.0. The molecule has 4 heteroatoms. The molecule has 1 unspecified atom stereocenters. The minimum Gasteiger partial charge on any atom is -0.491 e.